The van der Waals surface area contributed by atoms with Crippen LogP contribution in [0.15, 0.2) is 64.1 Å². The largest absolute Gasteiger partial charge is 0.455 e. The van der Waals surface area contributed by atoms with E-state index in [1.807, 2.05) is 32.9 Å². The number of carbonyl (C=O) groups excluding carboxylic acids is 2. The summed E-state index contributed by atoms with van der Waals surface area (Å²) in [6.45, 7) is 7.33. The Balaban J connectivity index is 1.67. The van der Waals surface area contributed by atoms with Crippen LogP contribution in [0.5, 0.6) is 0 Å². The number of aryl methyl sites for hydroxylation is 2. The summed E-state index contributed by atoms with van der Waals surface area (Å²) in [5, 5.41) is 18.0. The average Bonchev–Trinajstić information content (AvgIpc) is 3.26. The lowest BCUT2D eigenvalue weighted by molar-refractivity contribution is -0.384. The van der Waals surface area contributed by atoms with Crippen molar-refractivity contribution in [2.24, 2.45) is 11.0 Å². The number of hydrogen-bond acceptors (Lipinski definition) is 6. The van der Waals surface area contributed by atoms with Crippen LogP contribution in [0, 0.1) is 29.9 Å². The van der Waals surface area contributed by atoms with Crippen LogP contribution in [0.3, 0.4) is 0 Å². The lowest BCUT2D eigenvalue weighted by Crippen LogP contribution is -2.48. The third-order valence-electron chi connectivity index (χ3n) is 5.16. The third-order valence-corrected chi connectivity index (χ3v) is 5.16. The van der Waals surface area contributed by atoms with Gasteiger partial charge in [0.2, 0.25) is 0 Å². The Bertz CT molecular complexity index is 1230. The summed E-state index contributed by atoms with van der Waals surface area (Å²) in [6.07, 6.45) is 1.29. The molecule has 0 fully saturated rings. The number of amides is 2. The molecule has 1 atom stereocenters. The first-order chi connectivity index (χ1) is 16.2. The molecule has 0 aliphatic rings. The minimum absolute atomic E-state index is 0.0600. The second-order valence-corrected chi connectivity index (χ2v) is 8.28. The molecule has 1 heterocycles. The van der Waals surface area contributed by atoms with Gasteiger partial charge < -0.3 is 9.73 Å². The molecule has 3 rings (SSSR count). The summed E-state index contributed by atoms with van der Waals surface area (Å²) in [6, 6.07) is 14.3. The minimum Gasteiger partial charge on any atom is -0.455 e. The van der Waals surface area contributed by atoms with Gasteiger partial charge in [-0.2, -0.15) is 5.10 Å². The first-order valence-corrected chi connectivity index (χ1v) is 10.7. The summed E-state index contributed by atoms with van der Waals surface area (Å²) >= 11 is 0. The van der Waals surface area contributed by atoms with Crippen molar-refractivity contribution >= 4 is 23.7 Å². The van der Waals surface area contributed by atoms with Crippen LogP contribution in [0.1, 0.15) is 41.1 Å². The zero-order valence-corrected chi connectivity index (χ0v) is 19.4. The lowest BCUT2D eigenvalue weighted by atomic mass is 10.0. The predicted octanol–water partition coefficient (Wildman–Crippen LogP) is 4.38. The van der Waals surface area contributed by atoms with Gasteiger partial charge in [-0.05, 0) is 55.7 Å². The summed E-state index contributed by atoms with van der Waals surface area (Å²) in [5.41, 5.74) is 4.95. The fraction of sp³-hybridized carbons (Fsp3) is 0.240. The molecule has 2 aromatic carbocycles. The maximum Gasteiger partial charge on any atom is 0.280 e. The molecule has 0 spiro atoms. The number of hydrogen-bond donors (Lipinski definition) is 2. The summed E-state index contributed by atoms with van der Waals surface area (Å²) in [5.74, 6) is -0.400. The van der Waals surface area contributed by atoms with E-state index >= 15 is 0 Å². The Hall–Kier alpha value is -4.27. The van der Waals surface area contributed by atoms with Gasteiger partial charge in [0.25, 0.3) is 17.5 Å². The molecule has 0 aliphatic carbocycles. The van der Waals surface area contributed by atoms with Gasteiger partial charge >= 0.3 is 0 Å². The minimum atomic E-state index is -0.798. The van der Waals surface area contributed by atoms with E-state index in [2.05, 4.69) is 15.8 Å². The van der Waals surface area contributed by atoms with Crippen LogP contribution >= 0.6 is 0 Å². The Kier molecular flexibility index (Phi) is 7.57. The number of nitrogens with zero attached hydrogens (tertiary/aromatic N) is 2. The highest BCUT2D eigenvalue weighted by Crippen LogP contribution is 2.31. The highest BCUT2D eigenvalue weighted by molar-refractivity contribution is 5.97. The van der Waals surface area contributed by atoms with Gasteiger partial charge in [-0.1, -0.05) is 37.6 Å². The van der Waals surface area contributed by atoms with Crippen LogP contribution in [0.4, 0.5) is 5.69 Å². The smallest absolute Gasteiger partial charge is 0.280 e. The molecule has 1 aromatic heterocycles. The van der Waals surface area contributed by atoms with Crippen molar-refractivity contribution in [3.63, 3.8) is 0 Å². The molecule has 0 bridgehead atoms. The maximum absolute atomic E-state index is 12.6. The summed E-state index contributed by atoms with van der Waals surface area (Å²) < 4.78 is 5.65. The van der Waals surface area contributed by atoms with Crippen LogP contribution in [-0.2, 0) is 4.79 Å². The molecule has 0 saturated heterocycles. The van der Waals surface area contributed by atoms with E-state index in [0.29, 0.717) is 22.6 Å². The predicted molar refractivity (Wildman–Crippen MR) is 129 cm³/mol. The van der Waals surface area contributed by atoms with Gasteiger partial charge in [-0.3, -0.25) is 19.7 Å². The normalized spacial score (nSPS) is 12.0. The Labute approximate surface area is 197 Å². The average molecular weight is 463 g/mol. The number of benzene rings is 2. The van der Waals surface area contributed by atoms with Crippen molar-refractivity contribution in [1.82, 2.24) is 10.7 Å². The van der Waals surface area contributed by atoms with E-state index < -0.39 is 16.9 Å². The van der Waals surface area contributed by atoms with Crippen molar-refractivity contribution in [1.29, 1.82) is 0 Å². The van der Waals surface area contributed by atoms with Crippen LogP contribution < -0.4 is 10.7 Å². The molecule has 9 nitrogen and oxygen atoms in total. The fourth-order valence-electron chi connectivity index (χ4n) is 3.26. The van der Waals surface area contributed by atoms with Gasteiger partial charge in [0.1, 0.15) is 17.6 Å². The highest BCUT2D eigenvalue weighted by atomic mass is 16.6. The van der Waals surface area contributed by atoms with Gasteiger partial charge in [0.15, 0.2) is 0 Å². The van der Waals surface area contributed by atoms with E-state index in [1.165, 1.54) is 12.3 Å². The maximum atomic E-state index is 12.6. The fourth-order valence-corrected chi connectivity index (χ4v) is 3.26. The molecule has 0 radical (unpaired) electrons. The topological polar surface area (TPSA) is 127 Å². The van der Waals surface area contributed by atoms with Crippen molar-refractivity contribution in [2.75, 3.05) is 0 Å². The Morgan fingerprint density at radius 2 is 1.71 bits per heavy atom. The molecule has 9 heteroatoms. The number of nitro benzene ring substituents is 1. The monoisotopic (exact) mass is 462 g/mol. The standard InChI is InChI=1S/C25H26N4O5/c1-15(2)23(27-24(30)18-8-5-16(3)6-9-18)25(31)28-26-14-19-10-12-22(34-19)20-11-7-17(4)13-21(20)29(32)33/h5-15,23H,1-4H3,(H,27,30)(H,28,31). The van der Waals surface area contributed by atoms with Crippen LogP contribution in [-0.4, -0.2) is 29.0 Å². The molecular weight excluding hydrogens is 436 g/mol. The molecule has 34 heavy (non-hydrogen) atoms. The first kappa shape index (κ1) is 24.4. The van der Waals surface area contributed by atoms with E-state index in [4.69, 9.17) is 4.42 Å². The van der Waals surface area contributed by atoms with Gasteiger partial charge in [-0.25, -0.2) is 5.43 Å². The van der Waals surface area contributed by atoms with E-state index in [-0.39, 0.29) is 17.5 Å². The van der Waals surface area contributed by atoms with Gasteiger partial charge in [0, 0.05) is 11.6 Å². The van der Waals surface area contributed by atoms with Crippen molar-refractivity contribution < 1.29 is 18.9 Å². The van der Waals surface area contributed by atoms with Crippen LogP contribution in [0.25, 0.3) is 11.3 Å². The zero-order valence-electron chi connectivity index (χ0n) is 19.4. The van der Waals surface area contributed by atoms with Gasteiger partial charge in [0.05, 0.1) is 16.7 Å². The van der Waals surface area contributed by atoms with E-state index in [1.54, 1.807) is 43.3 Å². The number of hydrazone groups is 1. The number of rotatable bonds is 8. The molecular formula is C25H26N4O5. The summed E-state index contributed by atoms with van der Waals surface area (Å²) in [7, 11) is 0. The lowest BCUT2D eigenvalue weighted by Gasteiger charge is -2.20. The molecule has 2 amide bonds. The molecule has 3 aromatic rings. The highest BCUT2D eigenvalue weighted by Gasteiger charge is 2.24. The van der Waals surface area contributed by atoms with Crippen molar-refractivity contribution in [2.45, 2.75) is 33.7 Å². The van der Waals surface area contributed by atoms with E-state index in [9.17, 15) is 19.7 Å². The quantitative estimate of drug-likeness (QED) is 0.292. The molecule has 1 unspecified atom stereocenters. The number of furan rings is 1. The molecule has 0 aliphatic heterocycles. The number of carbonyl (C=O) groups is 2. The van der Waals surface area contributed by atoms with E-state index in [0.717, 1.165) is 11.1 Å². The number of nitro groups is 1. The zero-order chi connectivity index (χ0) is 24.8. The molecule has 0 saturated carbocycles. The second kappa shape index (κ2) is 10.6. The number of nitrogens with one attached hydrogen (secondary N) is 2. The first-order valence-electron chi connectivity index (χ1n) is 10.7. The van der Waals surface area contributed by atoms with Crippen molar-refractivity contribution in [3.8, 4) is 11.3 Å². The third kappa shape index (κ3) is 5.94. The molecule has 176 valence electrons. The summed E-state index contributed by atoms with van der Waals surface area (Å²) in [4.78, 5) is 36.0. The Morgan fingerprint density at radius 3 is 2.35 bits per heavy atom. The van der Waals surface area contributed by atoms with Crippen molar-refractivity contribution in [3.05, 3.63) is 87.2 Å². The SMILES string of the molecule is Cc1ccc(C(=O)NC(C(=O)NN=Cc2ccc(-c3ccc(C)cc3[N+](=O)[O-])o2)C(C)C)cc1. The Morgan fingerprint density at radius 1 is 1.03 bits per heavy atom. The second-order valence-electron chi connectivity index (χ2n) is 8.28. The molecule has 2 N–H and O–H groups in total. The van der Waals surface area contributed by atoms with Gasteiger partial charge in [-0.15, -0.1) is 0 Å². The van der Waals surface area contributed by atoms with Crippen LogP contribution in [0.2, 0.25) is 0 Å².